The first-order valence-corrected chi connectivity index (χ1v) is 9.05. The molecule has 0 radical (unpaired) electrons. The molecule has 0 unspecified atom stereocenters. The zero-order chi connectivity index (χ0) is 19.4. The lowest BCUT2D eigenvalue weighted by atomic mass is 10.0. The Bertz CT molecular complexity index is 907. The molecule has 3 N–H and O–H groups in total. The molecule has 0 aliphatic carbocycles. The van der Waals surface area contributed by atoms with Gasteiger partial charge >= 0.3 is 0 Å². The van der Waals surface area contributed by atoms with E-state index in [1.807, 2.05) is 22.9 Å². The van der Waals surface area contributed by atoms with E-state index in [9.17, 15) is 15.3 Å². The number of nitrogens with zero attached hydrogens (tertiary/aromatic N) is 3. The van der Waals surface area contributed by atoms with E-state index in [-0.39, 0.29) is 17.4 Å². The monoisotopic (exact) mass is 367 g/mol. The molecule has 2 aromatic heterocycles. The number of benzene rings is 1. The second-order valence-electron chi connectivity index (χ2n) is 6.89. The first-order chi connectivity index (χ1) is 13.0. The highest BCUT2D eigenvalue weighted by Gasteiger charge is 2.22. The minimum atomic E-state index is -0.147. The molecule has 0 saturated heterocycles. The van der Waals surface area contributed by atoms with Gasteiger partial charge in [-0.05, 0) is 36.1 Å². The molecule has 0 atom stereocenters. The largest absolute Gasteiger partial charge is 0.508 e. The van der Waals surface area contributed by atoms with Gasteiger partial charge in [0, 0.05) is 25.5 Å². The Balaban J connectivity index is 1.97. The second-order valence-corrected chi connectivity index (χ2v) is 6.89. The molecule has 2 heterocycles. The number of aryl methyl sites for hydroxylation is 1. The number of hydrogen-bond acceptors (Lipinski definition) is 4. The molecule has 3 rings (SSSR count). The van der Waals surface area contributed by atoms with Gasteiger partial charge < -0.3 is 24.5 Å². The zero-order valence-electron chi connectivity index (χ0n) is 15.6. The van der Waals surface area contributed by atoms with E-state index >= 15 is 0 Å². The summed E-state index contributed by atoms with van der Waals surface area (Å²) in [6.45, 7) is 5.46. The van der Waals surface area contributed by atoms with Gasteiger partial charge in [0.05, 0.1) is 17.6 Å². The van der Waals surface area contributed by atoms with Crippen molar-refractivity contribution in [2.24, 2.45) is 5.92 Å². The van der Waals surface area contributed by atoms with Crippen LogP contribution in [0.4, 0.5) is 0 Å². The maximum atomic E-state index is 10.6. The van der Waals surface area contributed by atoms with Crippen LogP contribution in [0.2, 0.25) is 0 Å². The highest BCUT2D eigenvalue weighted by atomic mass is 16.3. The van der Waals surface area contributed by atoms with Crippen molar-refractivity contribution in [3.63, 3.8) is 0 Å². The number of rotatable bonds is 7. The normalized spacial score (nSPS) is 11.7. The van der Waals surface area contributed by atoms with E-state index in [1.54, 1.807) is 41.4 Å². The van der Waals surface area contributed by atoms with Crippen molar-refractivity contribution < 1.29 is 15.3 Å². The molecule has 0 amide bonds. The van der Waals surface area contributed by atoms with E-state index in [2.05, 4.69) is 18.8 Å². The molecule has 1 aromatic carbocycles. The molecule has 6 heteroatoms. The Morgan fingerprint density at radius 3 is 2.44 bits per heavy atom. The number of phenols is 1. The predicted octanol–water partition coefficient (Wildman–Crippen LogP) is 4.23. The molecular formula is C21H25N3O3. The number of hydrogen-bond donors (Lipinski definition) is 3. The lowest BCUT2D eigenvalue weighted by Crippen LogP contribution is -2.04. The number of aromatic nitrogens is 3. The zero-order valence-corrected chi connectivity index (χ0v) is 15.6. The van der Waals surface area contributed by atoms with Crippen molar-refractivity contribution in [1.29, 1.82) is 0 Å². The third kappa shape index (κ3) is 4.16. The van der Waals surface area contributed by atoms with Crippen LogP contribution in [0.1, 0.15) is 26.0 Å². The molecule has 27 heavy (non-hydrogen) atoms. The summed E-state index contributed by atoms with van der Waals surface area (Å²) >= 11 is 0. The summed E-state index contributed by atoms with van der Waals surface area (Å²) < 4.78 is 3.71. The third-order valence-corrected chi connectivity index (χ3v) is 4.40. The quantitative estimate of drug-likeness (QED) is 0.584. The molecule has 0 bridgehead atoms. The maximum Gasteiger partial charge on any atom is 0.235 e. The van der Waals surface area contributed by atoms with Crippen molar-refractivity contribution in [2.75, 3.05) is 0 Å². The van der Waals surface area contributed by atoms with Gasteiger partial charge in [0.2, 0.25) is 5.88 Å². The Labute approximate surface area is 158 Å². The molecule has 0 aliphatic rings. The van der Waals surface area contributed by atoms with Gasteiger partial charge in [-0.1, -0.05) is 32.1 Å². The van der Waals surface area contributed by atoms with Crippen LogP contribution in [0.15, 0.2) is 49.1 Å². The average Bonchev–Trinajstić information content (AvgIpc) is 3.23. The Morgan fingerprint density at radius 1 is 1.07 bits per heavy atom. The van der Waals surface area contributed by atoms with Crippen LogP contribution in [0.25, 0.3) is 17.2 Å². The molecule has 0 fully saturated rings. The van der Waals surface area contributed by atoms with E-state index in [0.29, 0.717) is 18.0 Å². The van der Waals surface area contributed by atoms with Crippen LogP contribution < -0.4 is 0 Å². The first kappa shape index (κ1) is 18.6. The summed E-state index contributed by atoms with van der Waals surface area (Å²) in [7, 11) is 0. The fourth-order valence-corrected chi connectivity index (χ4v) is 3.04. The molecule has 142 valence electrons. The van der Waals surface area contributed by atoms with Crippen molar-refractivity contribution in [2.45, 2.75) is 33.4 Å². The standard InChI is InChI=1S/C21H25N3O3/c1-15(2)4-9-18-19(16-5-7-17(25)8-6-16)20(26)21(27)24(18)12-3-11-23-13-10-22-14-23/h4-10,13-15,25-27H,3,11-12H2,1-2H3. The average molecular weight is 367 g/mol. The van der Waals surface area contributed by atoms with Crippen LogP contribution in [0.3, 0.4) is 0 Å². The summed E-state index contributed by atoms with van der Waals surface area (Å²) in [6, 6.07) is 6.59. The van der Waals surface area contributed by atoms with E-state index < -0.39 is 0 Å². The maximum absolute atomic E-state index is 10.6. The van der Waals surface area contributed by atoms with E-state index in [4.69, 9.17) is 0 Å². The topological polar surface area (TPSA) is 83.4 Å². The molecular weight excluding hydrogens is 342 g/mol. The van der Waals surface area contributed by atoms with Crippen LogP contribution >= 0.6 is 0 Å². The SMILES string of the molecule is CC(C)C=Cc1c(-c2ccc(O)cc2)c(O)c(O)n1CCCn1ccnc1. The van der Waals surface area contributed by atoms with Crippen molar-refractivity contribution >= 4 is 6.08 Å². The van der Waals surface area contributed by atoms with Crippen LogP contribution in [0, 0.1) is 5.92 Å². The molecule has 0 aliphatic heterocycles. The number of imidazole rings is 1. The second kappa shape index (κ2) is 8.03. The number of phenolic OH excluding ortho intramolecular Hbond substituents is 1. The lowest BCUT2D eigenvalue weighted by molar-refractivity contribution is 0.367. The minimum Gasteiger partial charge on any atom is -0.508 e. The molecule has 6 nitrogen and oxygen atoms in total. The summed E-state index contributed by atoms with van der Waals surface area (Å²) in [6.07, 6.45) is 10.1. The van der Waals surface area contributed by atoms with Crippen LogP contribution in [0.5, 0.6) is 17.4 Å². The minimum absolute atomic E-state index is 0.146. The van der Waals surface area contributed by atoms with E-state index in [1.165, 1.54) is 0 Å². The van der Waals surface area contributed by atoms with Crippen molar-refractivity contribution in [3.8, 4) is 28.5 Å². The van der Waals surface area contributed by atoms with Crippen LogP contribution in [-0.4, -0.2) is 29.4 Å². The summed E-state index contributed by atoms with van der Waals surface area (Å²) in [4.78, 5) is 4.03. The van der Waals surface area contributed by atoms with Gasteiger partial charge in [-0.2, -0.15) is 0 Å². The number of aromatic hydroxyl groups is 3. The van der Waals surface area contributed by atoms with Gasteiger partial charge in [-0.3, -0.25) is 0 Å². The molecule has 3 aromatic rings. The highest BCUT2D eigenvalue weighted by Crippen LogP contribution is 2.43. The van der Waals surface area contributed by atoms with Crippen LogP contribution in [-0.2, 0) is 13.1 Å². The van der Waals surface area contributed by atoms with Crippen molar-refractivity contribution in [3.05, 3.63) is 54.8 Å². The summed E-state index contributed by atoms with van der Waals surface area (Å²) in [5, 5.41) is 30.7. The van der Waals surface area contributed by atoms with Gasteiger partial charge in [-0.15, -0.1) is 0 Å². The molecule has 0 spiro atoms. The van der Waals surface area contributed by atoms with Gasteiger partial charge in [0.15, 0.2) is 5.75 Å². The Kier molecular flexibility index (Phi) is 5.54. The Morgan fingerprint density at radius 2 is 1.81 bits per heavy atom. The van der Waals surface area contributed by atoms with Gasteiger partial charge in [0.25, 0.3) is 0 Å². The first-order valence-electron chi connectivity index (χ1n) is 9.05. The van der Waals surface area contributed by atoms with Gasteiger partial charge in [-0.25, -0.2) is 4.98 Å². The fourth-order valence-electron chi connectivity index (χ4n) is 3.04. The van der Waals surface area contributed by atoms with Gasteiger partial charge in [0.1, 0.15) is 5.75 Å². The third-order valence-electron chi connectivity index (χ3n) is 4.40. The lowest BCUT2D eigenvalue weighted by Gasteiger charge is -2.10. The predicted molar refractivity (Wildman–Crippen MR) is 106 cm³/mol. The highest BCUT2D eigenvalue weighted by molar-refractivity contribution is 5.82. The van der Waals surface area contributed by atoms with E-state index in [0.717, 1.165) is 24.2 Å². The van der Waals surface area contributed by atoms with Crippen molar-refractivity contribution in [1.82, 2.24) is 14.1 Å². The fraction of sp³-hybridized carbons (Fsp3) is 0.286. The smallest absolute Gasteiger partial charge is 0.235 e. The Hall–Kier alpha value is -3.15. The summed E-state index contributed by atoms with van der Waals surface area (Å²) in [5.74, 6) is 0.191. The number of allylic oxidation sites excluding steroid dienone is 1. The summed E-state index contributed by atoms with van der Waals surface area (Å²) in [5.41, 5.74) is 2.04. The molecule has 0 saturated carbocycles.